The molecule has 4 nitrogen and oxygen atoms in total. The third kappa shape index (κ3) is 3.70. The summed E-state index contributed by atoms with van der Waals surface area (Å²) in [4.78, 5) is 2.46. The van der Waals surface area contributed by atoms with Crippen molar-refractivity contribution in [1.82, 2.24) is 15.3 Å². The normalized spacial score (nSPS) is 29.4. The van der Waals surface area contributed by atoms with Gasteiger partial charge in [0.2, 0.25) is 0 Å². The Bertz CT molecular complexity index is 195. The lowest BCUT2D eigenvalue weighted by Crippen LogP contribution is -2.51. The molecule has 2 fully saturated rings. The number of nitrogens with one attached hydrogen (secondary N) is 1. The molecule has 0 aromatic heterocycles. The molecule has 94 valence electrons. The summed E-state index contributed by atoms with van der Waals surface area (Å²) >= 11 is 0. The molecule has 2 heterocycles. The van der Waals surface area contributed by atoms with Crippen LogP contribution in [0, 0.1) is 0 Å². The first-order valence-corrected chi connectivity index (χ1v) is 6.71. The first kappa shape index (κ1) is 12.3. The van der Waals surface area contributed by atoms with Crippen molar-refractivity contribution in [3.8, 4) is 0 Å². The van der Waals surface area contributed by atoms with Gasteiger partial charge in [-0.2, -0.15) is 0 Å². The van der Waals surface area contributed by atoms with E-state index in [0.717, 1.165) is 32.8 Å². The molecule has 1 unspecified atom stereocenters. The molecule has 0 aromatic rings. The number of hydrogen-bond acceptors (Lipinski definition) is 4. The zero-order valence-corrected chi connectivity index (χ0v) is 10.5. The Morgan fingerprint density at radius 2 is 2.00 bits per heavy atom. The SMILES string of the molecule is CCN1CCOC(CNN2CCCCC2)C1. The van der Waals surface area contributed by atoms with Crippen LogP contribution < -0.4 is 5.43 Å². The zero-order chi connectivity index (χ0) is 11.2. The van der Waals surface area contributed by atoms with Crippen LogP contribution in [0.3, 0.4) is 0 Å². The number of likely N-dealkylation sites (N-methyl/N-ethyl adjacent to an activating group) is 1. The number of morpholine rings is 1. The summed E-state index contributed by atoms with van der Waals surface area (Å²) in [7, 11) is 0. The maximum atomic E-state index is 5.77. The van der Waals surface area contributed by atoms with Crippen LogP contribution in [-0.4, -0.2) is 61.9 Å². The van der Waals surface area contributed by atoms with Gasteiger partial charge in [0.1, 0.15) is 0 Å². The monoisotopic (exact) mass is 227 g/mol. The van der Waals surface area contributed by atoms with Crippen molar-refractivity contribution in [2.75, 3.05) is 45.9 Å². The minimum atomic E-state index is 0.371. The van der Waals surface area contributed by atoms with Crippen molar-refractivity contribution >= 4 is 0 Å². The molecule has 1 atom stereocenters. The zero-order valence-electron chi connectivity index (χ0n) is 10.5. The fourth-order valence-electron chi connectivity index (χ4n) is 2.47. The second-order valence-electron chi connectivity index (χ2n) is 4.80. The fraction of sp³-hybridized carbons (Fsp3) is 1.00. The number of rotatable bonds is 4. The summed E-state index contributed by atoms with van der Waals surface area (Å²) in [5, 5.41) is 2.36. The van der Waals surface area contributed by atoms with Gasteiger partial charge in [0.05, 0.1) is 12.7 Å². The smallest absolute Gasteiger partial charge is 0.0840 e. The van der Waals surface area contributed by atoms with E-state index in [-0.39, 0.29) is 0 Å². The third-order valence-electron chi connectivity index (χ3n) is 3.57. The highest BCUT2D eigenvalue weighted by Gasteiger charge is 2.20. The van der Waals surface area contributed by atoms with E-state index in [9.17, 15) is 0 Å². The molecular formula is C12H25N3O. The van der Waals surface area contributed by atoms with Crippen LogP contribution in [0.2, 0.25) is 0 Å². The van der Waals surface area contributed by atoms with Crippen molar-refractivity contribution in [2.45, 2.75) is 32.3 Å². The average molecular weight is 227 g/mol. The lowest BCUT2D eigenvalue weighted by atomic mass is 10.2. The van der Waals surface area contributed by atoms with Crippen LogP contribution >= 0.6 is 0 Å². The molecule has 0 radical (unpaired) electrons. The first-order valence-electron chi connectivity index (χ1n) is 6.71. The standard InChI is InChI=1S/C12H25N3O/c1-2-14-8-9-16-12(11-14)10-13-15-6-4-3-5-7-15/h12-13H,2-11H2,1H3. The van der Waals surface area contributed by atoms with Gasteiger partial charge in [0.25, 0.3) is 0 Å². The molecule has 2 rings (SSSR count). The number of nitrogens with zero attached hydrogens (tertiary/aromatic N) is 2. The van der Waals surface area contributed by atoms with Crippen molar-refractivity contribution < 1.29 is 4.74 Å². The van der Waals surface area contributed by atoms with Gasteiger partial charge in [-0.05, 0) is 19.4 Å². The molecule has 16 heavy (non-hydrogen) atoms. The van der Waals surface area contributed by atoms with E-state index in [4.69, 9.17) is 4.74 Å². The lowest BCUT2D eigenvalue weighted by Gasteiger charge is -2.34. The Kier molecular flexibility index (Phi) is 5.03. The highest BCUT2D eigenvalue weighted by Crippen LogP contribution is 2.07. The van der Waals surface area contributed by atoms with E-state index < -0.39 is 0 Å². The molecule has 1 N–H and O–H groups in total. The van der Waals surface area contributed by atoms with Crippen molar-refractivity contribution in [3.63, 3.8) is 0 Å². The van der Waals surface area contributed by atoms with Crippen LogP contribution in [0.25, 0.3) is 0 Å². The van der Waals surface area contributed by atoms with Gasteiger partial charge in [-0.1, -0.05) is 13.3 Å². The highest BCUT2D eigenvalue weighted by molar-refractivity contribution is 4.72. The Balaban J connectivity index is 1.64. The number of ether oxygens (including phenoxy) is 1. The van der Waals surface area contributed by atoms with Crippen LogP contribution in [-0.2, 0) is 4.74 Å². The largest absolute Gasteiger partial charge is 0.374 e. The van der Waals surface area contributed by atoms with Gasteiger partial charge in [-0.15, -0.1) is 0 Å². The minimum Gasteiger partial charge on any atom is -0.374 e. The molecule has 0 saturated carbocycles. The molecule has 0 aromatic carbocycles. The van der Waals surface area contributed by atoms with Gasteiger partial charge >= 0.3 is 0 Å². The van der Waals surface area contributed by atoms with Gasteiger partial charge < -0.3 is 4.74 Å². The van der Waals surface area contributed by atoms with E-state index in [0.29, 0.717) is 6.10 Å². The van der Waals surface area contributed by atoms with Gasteiger partial charge in [0, 0.05) is 32.7 Å². The summed E-state index contributed by atoms with van der Waals surface area (Å²) in [6, 6.07) is 0. The van der Waals surface area contributed by atoms with E-state index in [1.807, 2.05) is 0 Å². The molecule has 2 saturated heterocycles. The van der Waals surface area contributed by atoms with E-state index in [1.54, 1.807) is 0 Å². The predicted molar refractivity (Wildman–Crippen MR) is 65.3 cm³/mol. The summed E-state index contributed by atoms with van der Waals surface area (Å²) in [5.41, 5.74) is 3.52. The van der Waals surface area contributed by atoms with Gasteiger partial charge in [-0.3, -0.25) is 10.3 Å². The number of hydrogen-bond donors (Lipinski definition) is 1. The summed E-state index contributed by atoms with van der Waals surface area (Å²) < 4.78 is 5.77. The van der Waals surface area contributed by atoms with E-state index in [1.165, 1.54) is 32.4 Å². The van der Waals surface area contributed by atoms with Crippen molar-refractivity contribution in [2.24, 2.45) is 0 Å². The molecule has 2 aliphatic heterocycles. The molecule has 0 spiro atoms. The van der Waals surface area contributed by atoms with Crippen molar-refractivity contribution in [3.05, 3.63) is 0 Å². The van der Waals surface area contributed by atoms with Crippen LogP contribution in [0.1, 0.15) is 26.2 Å². The Hall–Kier alpha value is -0.160. The second-order valence-corrected chi connectivity index (χ2v) is 4.80. The Morgan fingerprint density at radius 1 is 1.19 bits per heavy atom. The molecule has 4 heteroatoms. The minimum absolute atomic E-state index is 0.371. The lowest BCUT2D eigenvalue weighted by molar-refractivity contribution is -0.0356. The van der Waals surface area contributed by atoms with Gasteiger partial charge in [-0.25, -0.2) is 5.01 Å². The Labute approximate surface area is 98.9 Å². The van der Waals surface area contributed by atoms with Crippen LogP contribution in [0.4, 0.5) is 0 Å². The third-order valence-corrected chi connectivity index (χ3v) is 3.57. The number of hydrazine groups is 1. The second kappa shape index (κ2) is 6.55. The summed E-state index contributed by atoms with van der Waals surface area (Å²) in [5.74, 6) is 0. The maximum absolute atomic E-state index is 5.77. The number of piperidine rings is 1. The highest BCUT2D eigenvalue weighted by atomic mass is 16.5. The molecule has 0 aliphatic carbocycles. The van der Waals surface area contributed by atoms with Crippen molar-refractivity contribution in [1.29, 1.82) is 0 Å². The van der Waals surface area contributed by atoms with Crippen LogP contribution in [0.5, 0.6) is 0 Å². The van der Waals surface area contributed by atoms with E-state index >= 15 is 0 Å². The molecule has 0 bridgehead atoms. The maximum Gasteiger partial charge on any atom is 0.0840 e. The molecular weight excluding hydrogens is 202 g/mol. The first-order chi connectivity index (χ1) is 7.88. The topological polar surface area (TPSA) is 27.7 Å². The predicted octanol–water partition coefficient (Wildman–Crippen LogP) is 0.698. The van der Waals surface area contributed by atoms with Gasteiger partial charge in [0.15, 0.2) is 0 Å². The van der Waals surface area contributed by atoms with Crippen LogP contribution in [0.15, 0.2) is 0 Å². The molecule has 2 aliphatic rings. The average Bonchev–Trinajstić information content (AvgIpc) is 2.38. The molecule has 0 amide bonds. The Morgan fingerprint density at radius 3 is 2.75 bits per heavy atom. The van der Waals surface area contributed by atoms with E-state index in [2.05, 4.69) is 22.3 Å². The summed E-state index contributed by atoms with van der Waals surface area (Å²) in [6.45, 7) is 9.79. The summed E-state index contributed by atoms with van der Waals surface area (Å²) in [6.07, 6.45) is 4.43. The quantitative estimate of drug-likeness (QED) is 0.765. The fourth-order valence-corrected chi connectivity index (χ4v) is 2.47.